The van der Waals surface area contributed by atoms with E-state index in [0.29, 0.717) is 18.0 Å². The fourth-order valence-corrected chi connectivity index (χ4v) is 3.49. The van der Waals surface area contributed by atoms with Crippen LogP contribution in [0.3, 0.4) is 0 Å². The van der Waals surface area contributed by atoms with Crippen LogP contribution < -0.4 is 10.1 Å². The summed E-state index contributed by atoms with van der Waals surface area (Å²) in [5, 5.41) is 5.25. The second-order valence-electron chi connectivity index (χ2n) is 6.57. The van der Waals surface area contributed by atoms with E-state index in [2.05, 4.69) is 10.3 Å². The molecule has 6 nitrogen and oxygen atoms in total. The lowest BCUT2D eigenvalue weighted by molar-refractivity contribution is -0.116. The number of likely N-dealkylation sites (N-methyl/N-ethyl adjacent to an activating group) is 1. The van der Waals surface area contributed by atoms with Crippen molar-refractivity contribution in [3.05, 3.63) is 65.2 Å². The standard InChI is InChI=1S/C22H23N3O3S/c1-4-28-18-11-7-16(8-12-18)21-24-19(14-29-21)22(27)25(3)13-20(26)23-17-9-5-15(2)6-10-17/h5-12,14H,4,13H2,1-3H3,(H,23,26). The van der Waals surface area contributed by atoms with Crippen molar-refractivity contribution in [2.75, 3.05) is 25.5 Å². The maximum Gasteiger partial charge on any atom is 0.273 e. The molecule has 7 heteroatoms. The Morgan fingerprint density at radius 2 is 1.79 bits per heavy atom. The van der Waals surface area contributed by atoms with Gasteiger partial charge >= 0.3 is 0 Å². The van der Waals surface area contributed by atoms with Crippen molar-refractivity contribution in [3.63, 3.8) is 0 Å². The molecule has 2 aromatic carbocycles. The molecule has 0 saturated heterocycles. The highest BCUT2D eigenvalue weighted by Gasteiger charge is 2.18. The third-order valence-electron chi connectivity index (χ3n) is 4.20. The molecule has 0 saturated carbocycles. The summed E-state index contributed by atoms with van der Waals surface area (Å²) in [7, 11) is 1.59. The number of carbonyl (C=O) groups excluding carboxylic acids is 2. The first-order valence-electron chi connectivity index (χ1n) is 9.27. The Morgan fingerprint density at radius 3 is 2.45 bits per heavy atom. The van der Waals surface area contributed by atoms with E-state index in [1.54, 1.807) is 12.4 Å². The molecule has 3 rings (SSSR count). The number of nitrogens with one attached hydrogen (secondary N) is 1. The first-order valence-corrected chi connectivity index (χ1v) is 10.1. The second kappa shape index (κ2) is 9.34. The van der Waals surface area contributed by atoms with E-state index in [-0.39, 0.29) is 18.4 Å². The number of hydrogen-bond acceptors (Lipinski definition) is 5. The van der Waals surface area contributed by atoms with E-state index >= 15 is 0 Å². The Kier molecular flexibility index (Phi) is 6.61. The molecular formula is C22H23N3O3S. The van der Waals surface area contributed by atoms with Crippen LogP contribution in [0.2, 0.25) is 0 Å². The van der Waals surface area contributed by atoms with Gasteiger partial charge in [-0.05, 0) is 50.2 Å². The van der Waals surface area contributed by atoms with E-state index in [4.69, 9.17) is 4.74 Å². The maximum atomic E-state index is 12.6. The fraction of sp³-hybridized carbons (Fsp3) is 0.227. The van der Waals surface area contributed by atoms with E-state index in [9.17, 15) is 9.59 Å². The van der Waals surface area contributed by atoms with E-state index in [1.807, 2.05) is 62.4 Å². The molecule has 150 valence electrons. The van der Waals surface area contributed by atoms with Gasteiger partial charge < -0.3 is 15.0 Å². The molecule has 0 aliphatic heterocycles. The number of ether oxygens (including phenoxy) is 1. The van der Waals surface area contributed by atoms with Crippen molar-refractivity contribution in [2.45, 2.75) is 13.8 Å². The predicted molar refractivity (Wildman–Crippen MR) is 115 cm³/mol. The average molecular weight is 410 g/mol. The summed E-state index contributed by atoms with van der Waals surface area (Å²) in [5.41, 5.74) is 3.05. The summed E-state index contributed by atoms with van der Waals surface area (Å²) in [6.45, 7) is 4.47. The molecule has 0 aliphatic carbocycles. The molecule has 2 amide bonds. The van der Waals surface area contributed by atoms with Gasteiger partial charge in [-0.25, -0.2) is 4.98 Å². The van der Waals surface area contributed by atoms with Crippen molar-refractivity contribution in [2.24, 2.45) is 0 Å². The lowest BCUT2D eigenvalue weighted by Gasteiger charge is -2.15. The van der Waals surface area contributed by atoms with Crippen molar-refractivity contribution in [1.29, 1.82) is 0 Å². The van der Waals surface area contributed by atoms with Crippen LogP contribution in [0.5, 0.6) is 5.75 Å². The van der Waals surface area contributed by atoms with E-state index < -0.39 is 0 Å². The molecule has 1 N–H and O–H groups in total. The molecule has 0 spiro atoms. The number of aromatic nitrogens is 1. The summed E-state index contributed by atoms with van der Waals surface area (Å²) < 4.78 is 5.44. The molecule has 0 radical (unpaired) electrons. The number of amides is 2. The third kappa shape index (κ3) is 5.42. The van der Waals surface area contributed by atoms with Gasteiger partial charge in [0.05, 0.1) is 13.2 Å². The van der Waals surface area contributed by atoms with E-state index in [0.717, 1.165) is 21.9 Å². The minimum absolute atomic E-state index is 0.0530. The molecule has 0 bridgehead atoms. The number of carbonyl (C=O) groups is 2. The highest BCUT2D eigenvalue weighted by atomic mass is 32.1. The second-order valence-corrected chi connectivity index (χ2v) is 7.43. The van der Waals surface area contributed by atoms with Crippen LogP contribution in [0.1, 0.15) is 23.0 Å². The highest BCUT2D eigenvalue weighted by molar-refractivity contribution is 7.13. The van der Waals surface area contributed by atoms with Gasteiger partial charge in [0.15, 0.2) is 0 Å². The van der Waals surface area contributed by atoms with Crippen LogP contribution in [-0.2, 0) is 4.79 Å². The molecule has 0 fully saturated rings. The van der Waals surface area contributed by atoms with E-state index in [1.165, 1.54) is 16.2 Å². The lowest BCUT2D eigenvalue weighted by atomic mass is 10.2. The maximum absolute atomic E-state index is 12.6. The number of anilines is 1. The van der Waals surface area contributed by atoms with Crippen molar-refractivity contribution in [3.8, 4) is 16.3 Å². The van der Waals surface area contributed by atoms with Gasteiger partial charge in [0.2, 0.25) is 5.91 Å². The smallest absolute Gasteiger partial charge is 0.273 e. The minimum Gasteiger partial charge on any atom is -0.494 e. The number of aryl methyl sites for hydroxylation is 1. The van der Waals surface area contributed by atoms with Gasteiger partial charge in [-0.2, -0.15) is 0 Å². The molecule has 0 unspecified atom stereocenters. The lowest BCUT2D eigenvalue weighted by Crippen LogP contribution is -2.35. The average Bonchev–Trinajstić information content (AvgIpc) is 3.20. The molecule has 29 heavy (non-hydrogen) atoms. The quantitative estimate of drug-likeness (QED) is 0.634. The monoisotopic (exact) mass is 409 g/mol. The normalized spacial score (nSPS) is 10.4. The molecular weight excluding hydrogens is 386 g/mol. The van der Waals surface area contributed by atoms with Gasteiger partial charge in [-0.15, -0.1) is 11.3 Å². The van der Waals surface area contributed by atoms with Gasteiger partial charge in [-0.3, -0.25) is 9.59 Å². The zero-order valence-corrected chi connectivity index (χ0v) is 17.5. The van der Waals surface area contributed by atoms with Crippen LogP contribution in [0.15, 0.2) is 53.9 Å². The zero-order valence-electron chi connectivity index (χ0n) is 16.6. The van der Waals surface area contributed by atoms with Crippen LogP contribution in [0.25, 0.3) is 10.6 Å². The number of benzene rings is 2. The minimum atomic E-state index is -0.294. The van der Waals surface area contributed by atoms with Crippen LogP contribution in [0, 0.1) is 6.92 Å². The first-order chi connectivity index (χ1) is 14.0. The number of rotatable bonds is 7. The van der Waals surface area contributed by atoms with Gasteiger partial charge in [-0.1, -0.05) is 17.7 Å². The van der Waals surface area contributed by atoms with Gasteiger partial charge in [0, 0.05) is 23.7 Å². The Morgan fingerprint density at radius 1 is 1.10 bits per heavy atom. The van der Waals surface area contributed by atoms with Crippen molar-refractivity contribution < 1.29 is 14.3 Å². The molecule has 0 aliphatic rings. The molecule has 1 aromatic heterocycles. The fourth-order valence-electron chi connectivity index (χ4n) is 2.69. The van der Waals surface area contributed by atoms with Crippen LogP contribution >= 0.6 is 11.3 Å². The number of hydrogen-bond donors (Lipinski definition) is 1. The summed E-state index contributed by atoms with van der Waals surface area (Å²) in [6, 6.07) is 15.1. The Labute approximate surface area is 174 Å². The highest BCUT2D eigenvalue weighted by Crippen LogP contribution is 2.26. The molecule has 0 atom stereocenters. The zero-order chi connectivity index (χ0) is 20.8. The van der Waals surface area contributed by atoms with Crippen molar-refractivity contribution >= 4 is 28.8 Å². The number of nitrogens with zero attached hydrogens (tertiary/aromatic N) is 2. The van der Waals surface area contributed by atoms with Gasteiger partial charge in [0.25, 0.3) is 5.91 Å². The van der Waals surface area contributed by atoms with Crippen molar-refractivity contribution in [1.82, 2.24) is 9.88 Å². The first kappa shape index (κ1) is 20.5. The Bertz CT molecular complexity index is 981. The van der Waals surface area contributed by atoms with Gasteiger partial charge in [0.1, 0.15) is 16.5 Å². The topological polar surface area (TPSA) is 71.5 Å². The number of thiazole rings is 1. The Balaban J connectivity index is 1.61. The summed E-state index contributed by atoms with van der Waals surface area (Å²) in [4.78, 5) is 30.6. The molecule has 3 aromatic rings. The predicted octanol–water partition coefficient (Wildman–Crippen LogP) is 4.23. The summed E-state index contributed by atoms with van der Waals surface area (Å²) in [5.74, 6) is 0.243. The van der Waals surface area contributed by atoms with Crippen LogP contribution in [0.4, 0.5) is 5.69 Å². The Hall–Kier alpha value is -3.19. The van der Waals surface area contributed by atoms with Crippen LogP contribution in [-0.4, -0.2) is 41.9 Å². The SMILES string of the molecule is CCOc1ccc(-c2nc(C(=O)N(C)CC(=O)Nc3ccc(C)cc3)cs2)cc1. The molecule has 1 heterocycles. The third-order valence-corrected chi connectivity index (χ3v) is 5.09. The summed E-state index contributed by atoms with van der Waals surface area (Å²) >= 11 is 1.39. The largest absolute Gasteiger partial charge is 0.494 e. The summed E-state index contributed by atoms with van der Waals surface area (Å²) in [6.07, 6.45) is 0.